The number of aromatic hydroxyl groups is 2. The maximum absolute atomic E-state index is 14.1. The van der Waals surface area contributed by atoms with Crippen LogP contribution in [0.15, 0.2) is 58.5 Å². The largest absolute Gasteiger partial charge is 0.508 e. The zero-order chi connectivity index (χ0) is 51.6. The summed E-state index contributed by atoms with van der Waals surface area (Å²) in [5.41, 5.74) is 28.1. The van der Waals surface area contributed by atoms with Crippen LogP contribution in [0.3, 0.4) is 0 Å². The smallest absolute Gasteiger partial charge is 0.322 e. The molecule has 0 aliphatic heterocycles. The molecule has 380 valence electrons. The van der Waals surface area contributed by atoms with Gasteiger partial charge in [-0.1, -0.05) is 24.3 Å². The molecule has 69 heavy (non-hydrogen) atoms. The van der Waals surface area contributed by atoms with Crippen molar-refractivity contribution in [2.75, 3.05) is 39.5 Å². The van der Waals surface area contributed by atoms with Crippen molar-refractivity contribution in [2.45, 2.75) is 80.8 Å². The third kappa shape index (κ3) is 21.6. The van der Waals surface area contributed by atoms with E-state index >= 15 is 0 Å². The highest BCUT2D eigenvalue weighted by atomic mass is 16.4. The highest BCUT2D eigenvalue weighted by molar-refractivity contribution is 5.97. The second-order valence-corrected chi connectivity index (χ2v) is 15.3. The summed E-state index contributed by atoms with van der Waals surface area (Å²) in [6, 6.07) is -0.184. The van der Waals surface area contributed by atoms with Crippen molar-refractivity contribution in [3.05, 3.63) is 59.7 Å². The second-order valence-electron chi connectivity index (χ2n) is 15.3. The van der Waals surface area contributed by atoms with Crippen LogP contribution in [0, 0.1) is 0 Å². The summed E-state index contributed by atoms with van der Waals surface area (Å²) in [5, 5.41) is 74.9. The zero-order valence-corrected chi connectivity index (χ0v) is 37.4. The summed E-state index contributed by atoms with van der Waals surface area (Å²) >= 11 is 0. The Hall–Kier alpha value is -7.82. The van der Waals surface area contributed by atoms with E-state index in [2.05, 4.69) is 41.9 Å². The number of amides is 7. The maximum atomic E-state index is 14.1. The molecule has 0 spiro atoms. The lowest BCUT2D eigenvalue weighted by Gasteiger charge is -2.27. The van der Waals surface area contributed by atoms with Crippen molar-refractivity contribution in [3.8, 4) is 11.5 Å². The lowest BCUT2D eigenvalue weighted by molar-refractivity contribution is -0.139. The molecule has 0 radical (unpaired) electrons. The van der Waals surface area contributed by atoms with E-state index in [0.29, 0.717) is 17.5 Å². The summed E-state index contributed by atoms with van der Waals surface area (Å²) < 4.78 is 0. The molecule has 2 rings (SSSR count). The van der Waals surface area contributed by atoms with Gasteiger partial charge >= 0.3 is 5.97 Å². The van der Waals surface area contributed by atoms with E-state index in [9.17, 15) is 63.9 Å². The predicted molar refractivity (Wildman–Crippen MR) is 245 cm³/mol. The molecule has 0 aliphatic rings. The molecule has 0 heterocycles. The predicted octanol–water partition coefficient (Wildman–Crippen LogP) is -7.60. The summed E-state index contributed by atoms with van der Waals surface area (Å²) in [6.45, 7) is -3.76. The van der Waals surface area contributed by atoms with E-state index in [0.717, 1.165) is 0 Å². The van der Waals surface area contributed by atoms with Crippen LogP contribution in [-0.2, 0) is 51.2 Å². The topological polar surface area (TPSA) is 497 Å². The average Bonchev–Trinajstić information content (AvgIpc) is 3.30. The number of aliphatic imine (C=N–C) groups is 2. The highest BCUT2D eigenvalue weighted by Crippen LogP contribution is 2.14. The van der Waals surface area contributed by atoms with Gasteiger partial charge in [-0.15, -0.1) is 0 Å². The van der Waals surface area contributed by atoms with E-state index in [-0.39, 0.29) is 68.6 Å². The van der Waals surface area contributed by atoms with Crippen LogP contribution >= 0.6 is 0 Å². The molecule has 2 aromatic rings. The number of aliphatic hydroxyl groups is 3. The van der Waals surface area contributed by atoms with Crippen molar-refractivity contribution >= 4 is 59.2 Å². The van der Waals surface area contributed by atoms with Gasteiger partial charge in [0.15, 0.2) is 11.9 Å². The van der Waals surface area contributed by atoms with Crippen LogP contribution in [0.1, 0.15) is 36.8 Å². The third-order valence-corrected chi connectivity index (χ3v) is 9.76. The Morgan fingerprint density at radius 1 is 0.478 bits per heavy atom. The number of carbonyl (C=O) groups is 8. The minimum atomic E-state index is -1.85. The Bertz CT molecular complexity index is 2100. The number of rotatable bonds is 30. The van der Waals surface area contributed by atoms with Crippen molar-refractivity contribution in [2.24, 2.45) is 38.7 Å². The number of phenols is 2. The van der Waals surface area contributed by atoms with E-state index < -0.39 is 116 Å². The first kappa shape index (κ1) is 57.3. The van der Waals surface area contributed by atoms with Gasteiger partial charge in [0.1, 0.15) is 54.3 Å². The number of carboxylic acid groups (broad SMARTS) is 1. The van der Waals surface area contributed by atoms with Gasteiger partial charge in [0.05, 0.1) is 25.9 Å². The number of hydrogen-bond donors (Lipinski definition) is 18. The van der Waals surface area contributed by atoms with Crippen molar-refractivity contribution in [1.82, 2.24) is 37.2 Å². The van der Waals surface area contributed by atoms with Gasteiger partial charge in [-0.3, -0.25) is 48.3 Å². The third-order valence-electron chi connectivity index (χ3n) is 9.76. The molecule has 0 bridgehead atoms. The Morgan fingerprint density at radius 3 is 1.19 bits per heavy atom. The zero-order valence-electron chi connectivity index (χ0n) is 37.4. The maximum Gasteiger partial charge on any atom is 0.322 e. The molecule has 0 aromatic heterocycles. The van der Waals surface area contributed by atoms with Crippen LogP contribution in [0.5, 0.6) is 11.5 Å². The Morgan fingerprint density at radius 2 is 0.812 bits per heavy atom. The van der Waals surface area contributed by atoms with Crippen LogP contribution in [-0.4, -0.2) is 172 Å². The van der Waals surface area contributed by atoms with Crippen LogP contribution < -0.4 is 65.9 Å². The molecule has 0 saturated heterocycles. The number of aliphatic hydroxyl groups excluding tert-OH is 3. The lowest BCUT2D eigenvalue weighted by atomic mass is 10.0. The number of nitrogens with zero attached hydrogens (tertiary/aromatic N) is 2. The summed E-state index contributed by atoms with van der Waals surface area (Å²) in [6.07, 6.45) is -0.137. The van der Waals surface area contributed by atoms with Crippen LogP contribution in [0.4, 0.5) is 0 Å². The number of guanidine groups is 2. The molecular weight excluding hydrogens is 913 g/mol. The molecule has 0 aliphatic carbocycles. The molecule has 28 nitrogen and oxygen atoms in total. The van der Waals surface area contributed by atoms with Crippen molar-refractivity contribution < 1.29 is 69.0 Å². The van der Waals surface area contributed by atoms with Gasteiger partial charge in [0, 0.05) is 25.9 Å². The van der Waals surface area contributed by atoms with E-state index in [4.69, 9.17) is 33.8 Å². The van der Waals surface area contributed by atoms with Crippen molar-refractivity contribution in [3.63, 3.8) is 0 Å². The molecular formula is C41H62N14O14. The quantitative estimate of drug-likeness (QED) is 0.0196. The Labute approximate surface area is 394 Å². The molecule has 7 amide bonds. The Kier molecular flexibility index (Phi) is 24.7. The molecule has 0 unspecified atom stereocenters. The highest BCUT2D eigenvalue weighted by Gasteiger charge is 2.34. The van der Waals surface area contributed by atoms with Gasteiger partial charge in [-0.25, -0.2) is 0 Å². The number of aliphatic carboxylic acids is 1. The van der Waals surface area contributed by atoms with E-state index in [1.807, 2.05) is 5.32 Å². The van der Waals surface area contributed by atoms with E-state index in [1.54, 1.807) is 0 Å². The fraction of sp³-hybridized carbons (Fsp3) is 0.463. The Balaban J connectivity index is 2.35. The SMILES string of the molecule is NC(N)=NCCC[C@H](NC(=O)[C@@H](N)CCCN=C(N)N)C(=O)N[C@@H](CO)C(=O)N[C@@H](CO)C(=O)N[C@@H](Cc1ccc(O)cc1)C(=O)N[C@@H](Cc1ccc(O)cc1)C(=O)N[C@@H](CO)C(=O)NCC(=O)O. The molecule has 0 fully saturated rings. The molecule has 0 saturated carbocycles. The van der Waals surface area contributed by atoms with E-state index in [1.165, 1.54) is 48.5 Å². The first-order valence-corrected chi connectivity index (χ1v) is 21.2. The number of phenolic OH excluding ortho intramolecular Hbond substituents is 2. The first-order chi connectivity index (χ1) is 32.7. The van der Waals surface area contributed by atoms with Gasteiger partial charge < -0.3 is 96.5 Å². The normalized spacial score (nSPS) is 13.8. The number of nitrogens with one attached hydrogen (secondary N) is 7. The fourth-order valence-electron chi connectivity index (χ4n) is 6.09. The standard InChI is InChI=1S/C41H62N14O14/c42-25(3-1-13-47-40(43)44)33(63)50-26(4-2-14-48-41(45)46)35(65)54-31(20-58)39(69)55-30(19-57)38(68)52-27(15-21-5-9-23(59)10-6-21)36(66)51-28(16-22-7-11-24(60)12-8-22)37(67)53-29(18-56)34(64)49-17-32(61)62/h5-12,25-31,56-60H,1-4,13-20,42H2,(H,49,64)(H,50,63)(H,51,66)(H,52,68)(H,53,67)(H,54,65)(H,55,69)(H,61,62)(H4,43,44,47)(H4,45,46,48)/t25-,26-,27-,28-,29-,30-,31-/m0/s1. The molecule has 7 atom stereocenters. The number of carbonyl (C=O) groups excluding carboxylic acids is 7. The molecule has 2 aromatic carbocycles. The first-order valence-electron chi connectivity index (χ1n) is 21.2. The summed E-state index contributed by atoms with van der Waals surface area (Å²) in [4.78, 5) is 113. The van der Waals surface area contributed by atoms with Gasteiger partial charge in [0.2, 0.25) is 41.4 Å². The number of benzene rings is 2. The summed E-state index contributed by atoms with van der Waals surface area (Å²) in [5.74, 6) is -9.34. The number of hydrogen-bond acceptors (Lipinski definition) is 16. The average molecular weight is 975 g/mol. The van der Waals surface area contributed by atoms with Gasteiger partial charge in [-0.05, 0) is 61.1 Å². The number of carboxylic acids is 1. The number of nitrogens with two attached hydrogens (primary N) is 5. The molecule has 23 N–H and O–H groups in total. The van der Waals surface area contributed by atoms with Gasteiger partial charge in [-0.2, -0.15) is 0 Å². The summed E-state index contributed by atoms with van der Waals surface area (Å²) in [7, 11) is 0. The van der Waals surface area contributed by atoms with Crippen molar-refractivity contribution in [1.29, 1.82) is 0 Å². The lowest BCUT2D eigenvalue weighted by Crippen LogP contribution is -2.61. The minimum Gasteiger partial charge on any atom is -0.508 e. The molecule has 28 heteroatoms. The van der Waals surface area contributed by atoms with Gasteiger partial charge in [0.25, 0.3) is 0 Å². The second kappa shape index (κ2) is 29.7. The minimum absolute atomic E-state index is 0.0425. The monoisotopic (exact) mass is 974 g/mol. The van der Waals surface area contributed by atoms with Crippen LogP contribution in [0.25, 0.3) is 0 Å². The van der Waals surface area contributed by atoms with Crippen LogP contribution in [0.2, 0.25) is 0 Å². The fourth-order valence-corrected chi connectivity index (χ4v) is 6.09.